The third-order valence-corrected chi connectivity index (χ3v) is 6.29. The number of rotatable bonds is 6. The number of H-pyrrole nitrogens is 1. The highest BCUT2D eigenvalue weighted by Gasteiger charge is 2.35. The summed E-state index contributed by atoms with van der Waals surface area (Å²) in [5.74, 6) is 0.234. The van der Waals surface area contributed by atoms with Gasteiger partial charge in [0.05, 0.1) is 0 Å². The Balaban J connectivity index is 1.35. The molecule has 0 radical (unpaired) electrons. The first kappa shape index (κ1) is 20.6. The predicted octanol–water partition coefficient (Wildman–Crippen LogP) is 3.18. The van der Waals surface area contributed by atoms with E-state index in [1.165, 1.54) is 23.9 Å². The molecule has 0 spiro atoms. The van der Waals surface area contributed by atoms with Crippen molar-refractivity contribution >= 4 is 5.91 Å². The molecule has 1 aliphatic carbocycles. The third kappa shape index (κ3) is 4.48. The molecule has 32 heavy (non-hydrogen) atoms. The zero-order valence-electron chi connectivity index (χ0n) is 17.6. The van der Waals surface area contributed by atoms with Gasteiger partial charge in [-0.05, 0) is 36.1 Å². The number of hydrogen-bond donors (Lipinski definition) is 2. The van der Waals surface area contributed by atoms with Gasteiger partial charge in [0.2, 0.25) is 0 Å². The van der Waals surface area contributed by atoms with Gasteiger partial charge in [-0.15, -0.1) is 0 Å². The molecule has 164 valence electrons. The Labute approximate surface area is 185 Å². The normalized spacial score (nSPS) is 20.9. The lowest BCUT2D eigenvalue weighted by Gasteiger charge is -2.20. The minimum atomic E-state index is -0.431. The van der Waals surface area contributed by atoms with Gasteiger partial charge in [0.1, 0.15) is 17.2 Å². The van der Waals surface area contributed by atoms with E-state index in [1.807, 2.05) is 18.2 Å². The fraction of sp³-hybridized carbons (Fsp3) is 0.320. The molecule has 2 heterocycles. The molecule has 1 saturated heterocycles. The molecule has 6 nitrogen and oxygen atoms in total. The maximum Gasteiger partial charge on any atom is 0.263 e. The number of halogens is 1. The first-order chi connectivity index (χ1) is 15.6. The van der Waals surface area contributed by atoms with Gasteiger partial charge in [-0.3, -0.25) is 14.5 Å². The van der Waals surface area contributed by atoms with Crippen molar-refractivity contribution in [3.63, 3.8) is 0 Å². The van der Waals surface area contributed by atoms with Gasteiger partial charge in [0, 0.05) is 43.7 Å². The molecule has 3 aromatic rings. The number of carbonyl (C=O) groups excluding carboxylic acids is 1. The summed E-state index contributed by atoms with van der Waals surface area (Å²) < 4.78 is 13.5. The molecule has 1 aromatic heterocycles. The summed E-state index contributed by atoms with van der Waals surface area (Å²) in [5, 5.41) is 3.04. The molecule has 2 N–H and O–H groups in total. The Hall–Kier alpha value is -3.32. The Morgan fingerprint density at radius 2 is 1.84 bits per heavy atom. The lowest BCUT2D eigenvalue weighted by Crippen LogP contribution is -2.42. The molecule has 2 aromatic carbocycles. The average Bonchev–Trinajstić information content (AvgIpc) is 3.57. The molecule has 1 saturated carbocycles. The van der Waals surface area contributed by atoms with Crippen LogP contribution in [0.25, 0.3) is 0 Å². The van der Waals surface area contributed by atoms with Crippen molar-refractivity contribution in [3.05, 3.63) is 99.5 Å². The number of carbonyl (C=O) groups is 1. The maximum absolute atomic E-state index is 13.5. The van der Waals surface area contributed by atoms with Crippen LogP contribution in [0.3, 0.4) is 0 Å². The van der Waals surface area contributed by atoms with Crippen molar-refractivity contribution in [1.82, 2.24) is 20.2 Å². The fourth-order valence-corrected chi connectivity index (χ4v) is 4.43. The molecular formula is C25H25FN4O2. The summed E-state index contributed by atoms with van der Waals surface area (Å²) in [5.41, 5.74) is 1.77. The van der Waals surface area contributed by atoms with Gasteiger partial charge < -0.3 is 10.3 Å². The van der Waals surface area contributed by atoms with E-state index in [2.05, 4.69) is 32.3 Å². The van der Waals surface area contributed by atoms with Gasteiger partial charge in [0.25, 0.3) is 11.5 Å². The molecule has 2 fully saturated rings. The van der Waals surface area contributed by atoms with E-state index < -0.39 is 11.5 Å². The van der Waals surface area contributed by atoms with Gasteiger partial charge >= 0.3 is 0 Å². The highest BCUT2D eigenvalue weighted by Crippen LogP contribution is 2.37. The van der Waals surface area contributed by atoms with Crippen LogP contribution in [0.5, 0.6) is 0 Å². The minimum absolute atomic E-state index is 0.0129. The minimum Gasteiger partial charge on any atom is -0.347 e. The van der Waals surface area contributed by atoms with E-state index in [0.717, 1.165) is 31.5 Å². The number of benzene rings is 2. The number of hydrogen-bond acceptors (Lipinski definition) is 4. The van der Waals surface area contributed by atoms with Crippen LogP contribution in [0, 0.1) is 5.82 Å². The number of nitrogens with one attached hydrogen (secondary N) is 2. The maximum atomic E-state index is 13.5. The second kappa shape index (κ2) is 8.67. The lowest BCUT2D eigenvalue weighted by molar-refractivity contribution is 0.0933. The average molecular weight is 432 g/mol. The lowest BCUT2D eigenvalue weighted by atomic mass is 9.94. The van der Waals surface area contributed by atoms with Crippen LogP contribution in [0.2, 0.25) is 0 Å². The molecule has 7 heteroatoms. The van der Waals surface area contributed by atoms with Crippen LogP contribution in [-0.4, -0.2) is 39.9 Å². The fourth-order valence-electron chi connectivity index (χ4n) is 4.43. The Morgan fingerprint density at radius 1 is 1.09 bits per heavy atom. The highest BCUT2D eigenvalue weighted by atomic mass is 19.1. The first-order valence-corrected chi connectivity index (χ1v) is 11.0. The van der Waals surface area contributed by atoms with Crippen LogP contribution in [0.4, 0.5) is 4.39 Å². The smallest absolute Gasteiger partial charge is 0.263 e. The Kier molecular flexibility index (Phi) is 5.57. The molecule has 1 aliphatic heterocycles. The van der Waals surface area contributed by atoms with Crippen molar-refractivity contribution in [2.24, 2.45) is 0 Å². The number of aromatic nitrogens is 2. The van der Waals surface area contributed by atoms with Crippen molar-refractivity contribution in [2.45, 2.75) is 37.3 Å². The molecule has 5 rings (SSSR count). The van der Waals surface area contributed by atoms with E-state index in [1.54, 1.807) is 12.1 Å². The summed E-state index contributed by atoms with van der Waals surface area (Å²) in [6.45, 7) is 2.11. The SMILES string of the molecule is O=C(N[C@@H]1CN(Cc2ccccc2)C[C@H]1c1ccc(F)cc1)c1cnc(C2CC2)[nH]c1=O. The molecular weight excluding hydrogens is 407 g/mol. The molecule has 1 amide bonds. The Bertz CT molecular complexity index is 1160. The summed E-state index contributed by atoms with van der Waals surface area (Å²) >= 11 is 0. The standard InChI is InChI=1S/C25H25FN4O2/c26-19-10-8-17(9-11-19)21-14-30(13-16-4-2-1-3-5-16)15-22(21)28-24(31)20-12-27-23(18-6-7-18)29-25(20)32/h1-5,8-12,18,21-22H,6-7,13-15H2,(H,28,31)(H,27,29,32)/t21-,22+/m0/s1. The number of aromatic amines is 1. The van der Waals surface area contributed by atoms with Gasteiger partial charge in [-0.25, -0.2) is 9.37 Å². The predicted molar refractivity (Wildman–Crippen MR) is 119 cm³/mol. The second-order valence-electron chi connectivity index (χ2n) is 8.70. The second-order valence-corrected chi connectivity index (χ2v) is 8.70. The van der Waals surface area contributed by atoms with Crippen molar-refractivity contribution in [3.8, 4) is 0 Å². The number of nitrogens with zero attached hydrogens (tertiary/aromatic N) is 2. The van der Waals surface area contributed by atoms with Crippen molar-refractivity contribution in [1.29, 1.82) is 0 Å². The zero-order valence-corrected chi connectivity index (χ0v) is 17.6. The van der Waals surface area contributed by atoms with E-state index in [-0.39, 0.29) is 23.3 Å². The quantitative estimate of drug-likeness (QED) is 0.627. The Morgan fingerprint density at radius 3 is 2.53 bits per heavy atom. The largest absolute Gasteiger partial charge is 0.347 e. The summed E-state index contributed by atoms with van der Waals surface area (Å²) in [7, 11) is 0. The van der Waals surface area contributed by atoms with E-state index in [9.17, 15) is 14.0 Å². The van der Waals surface area contributed by atoms with Crippen molar-refractivity contribution < 1.29 is 9.18 Å². The van der Waals surface area contributed by atoms with Crippen LogP contribution in [-0.2, 0) is 6.54 Å². The van der Waals surface area contributed by atoms with Gasteiger partial charge in [-0.2, -0.15) is 0 Å². The molecule has 0 bridgehead atoms. The highest BCUT2D eigenvalue weighted by molar-refractivity contribution is 5.93. The topological polar surface area (TPSA) is 78.1 Å². The molecule has 2 atom stereocenters. The number of amides is 1. The van der Waals surface area contributed by atoms with E-state index >= 15 is 0 Å². The summed E-state index contributed by atoms with van der Waals surface area (Å²) in [4.78, 5) is 34.7. The molecule has 2 aliphatic rings. The zero-order chi connectivity index (χ0) is 22.1. The van der Waals surface area contributed by atoms with Crippen molar-refractivity contribution in [2.75, 3.05) is 13.1 Å². The third-order valence-electron chi connectivity index (χ3n) is 6.29. The summed E-state index contributed by atoms with van der Waals surface area (Å²) in [6, 6.07) is 16.4. The number of likely N-dealkylation sites (tertiary alicyclic amines) is 1. The van der Waals surface area contributed by atoms with Crippen LogP contribution < -0.4 is 10.9 Å². The monoisotopic (exact) mass is 432 g/mol. The van der Waals surface area contributed by atoms with Gasteiger partial charge in [-0.1, -0.05) is 42.5 Å². The van der Waals surface area contributed by atoms with Crippen LogP contribution in [0.1, 0.15) is 52.0 Å². The van der Waals surface area contributed by atoms with Gasteiger partial charge in [0.15, 0.2) is 0 Å². The summed E-state index contributed by atoms with van der Waals surface area (Å²) in [6.07, 6.45) is 3.42. The van der Waals surface area contributed by atoms with Crippen LogP contribution >= 0.6 is 0 Å². The molecule has 0 unspecified atom stereocenters. The van der Waals surface area contributed by atoms with E-state index in [4.69, 9.17) is 0 Å². The van der Waals surface area contributed by atoms with Crippen LogP contribution in [0.15, 0.2) is 65.6 Å². The van der Waals surface area contributed by atoms with E-state index in [0.29, 0.717) is 18.3 Å². The first-order valence-electron chi connectivity index (χ1n) is 11.0.